The van der Waals surface area contributed by atoms with Crippen LogP contribution in [-0.4, -0.2) is 22.0 Å². The lowest BCUT2D eigenvalue weighted by Gasteiger charge is -2.24. The van der Waals surface area contributed by atoms with Crippen LogP contribution in [0.2, 0.25) is 0 Å². The lowest BCUT2D eigenvalue weighted by molar-refractivity contribution is 0.0291. The van der Waals surface area contributed by atoms with Crippen molar-refractivity contribution in [1.29, 1.82) is 0 Å². The highest BCUT2D eigenvalue weighted by Gasteiger charge is 2.42. The Kier molecular flexibility index (Phi) is 2.93. The molecule has 2 unspecified atom stereocenters. The minimum Gasteiger partial charge on any atom is -0.493 e. The maximum atomic E-state index is 10.7. The van der Waals surface area contributed by atoms with Gasteiger partial charge in [0.15, 0.2) is 5.75 Å². The SMILES string of the molecule is CCC1CCC(O)(c2c(OC)cnn2C)C1. The second-order valence-electron chi connectivity index (χ2n) is 4.73. The molecule has 1 aromatic rings. The monoisotopic (exact) mass is 224 g/mol. The van der Waals surface area contributed by atoms with Crippen molar-refractivity contribution in [1.82, 2.24) is 9.78 Å². The lowest BCUT2D eigenvalue weighted by Crippen LogP contribution is -2.26. The van der Waals surface area contributed by atoms with Gasteiger partial charge in [-0.2, -0.15) is 5.10 Å². The van der Waals surface area contributed by atoms with Crippen molar-refractivity contribution >= 4 is 0 Å². The Labute approximate surface area is 96.2 Å². The van der Waals surface area contributed by atoms with Crippen LogP contribution in [0.25, 0.3) is 0 Å². The molecule has 0 bridgehead atoms. The van der Waals surface area contributed by atoms with Crippen molar-refractivity contribution in [2.75, 3.05) is 7.11 Å². The van der Waals surface area contributed by atoms with Crippen LogP contribution in [0, 0.1) is 5.92 Å². The smallest absolute Gasteiger partial charge is 0.162 e. The molecule has 2 atom stereocenters. The summed E-state index contributed by atoms with van der Waals surface area (Å²) in [6.45, 7) is 2.18. The van der Waals surface area contributed by atoms with Crippen molar-refractivity contribution in [2.45, 2.75) is 38.2 Å². The predicted molar refractivity (Wildman–Crippen MR) is 61.3 cm³/mol. The van der Waals surface area contributed by atoms with Gasteiger partial charge in [0, 0.05) is 7.05 Å². The highest BCUT2D eigenvalue weighted by Crippen LogP contribution is 2.45. The predicted octanol–water partition coefficient (Wildman–Crippen LogP) is 1.83. The number of aryl methyl sites for hydroxylation is 1. The molecule has 0 spiro atoms. The summed E-state index contributed by atoms with van der Waals surface area (Å²) in [6.07, 6.45) is 5.51. The van der Waals surface area contributed by atoms with Crippen molar-refractivity contribution in [3.63, 3.8) is 0 Å². The molecule has 0 radical (unpaired) electrons. The maximum absolute atomic E-state index is 10.7. The molecule has 16 heavy (non-hydrogen) atoms. The van der Waals surface area contributed by atoms with Crippen LogP contribution < -0.4 is 4.74 Å². The van der Waals surface area contributed by atoms with Crippen LogP contribution in [-0.2, 0) is 12.6 Å². The summed E-state index contributed by atoms with van der Waals surface area (Å²) in [6, 6.07) is 0. The van der Waals surface area contributed by atoms with Gasteiger partial charge in [0.25, 0.3) is 0 Å². The minimum absolute atomic E-state index is 0.615. The van der Waals surface area contributed by atoms with Gasteiger partial charge < -0.3 is 9.84 Å². The van der Waals surface area contributed by atoms with E-state index in [4.69, 9.17) is 4.74 Å². The van der Waals surface area contributed by atoms with E-state index in [1.54, 1.807) is 18.0 Å². The summed E-state index contributed by atoms with van der Waals surface area (Å²) in [4.78, 5) is 0. The molecule has 0 saturated heterocycles. The van der Waals surface area contributed by atoms with Gasteiger partial charge in [-0.05, 0) is 25.2 Å². The second-order valence-corrected chi connectivity index (χ2v) is 4.73. The fourth-order valence-electron chi connectivity index (χ4n) is 2.79. The zero-order valence-corrected chi connectivity index (χ0v) is 10.2. The van der Waals surface area contributed by atoms with Gasteiger partial charge in [0.1, 0.15) is 11.3 Å². The van der Waals surface area contributed by atoms with E-state index in [9.17, 15) is 5.11 Å². The molecular formula is C12H20N2O2. The van der Waals surface area contributed by atoms with E-state index in [-0.39, 0.29) is 0 Å². The fraction of sp³-hybridized carbons (Fsp3) is 0.750. The molecule has 1 aromatic heterocycles. The lowest BCUT2D eigenvalue weighted by atomic mass is 9.95. The molecule has 1 N–H and O–H groups in total. The molecule has 1 aliphatic carbocycles. The normalized spacial score (nSPS) is 29.6. The summed E-state index contributed by atoms with van der Waals surface area (Å²) in [7, 11) is 3.48. The number of methoxy groups -OCH3 is 1. The average Bonchev–Trinajstić information content (AvgIpc) is 2.82. The first-order valence-corrected chi connectivity index (χ1v) is 5.89. The number of aromatic nitrogens is 2. The zero-order valence-electron chi connectivity index (χ0n) is 10.2. The van der Waals surface area contributed by atoms with Crippen LogP contribution in [0.15, 0.2) is 6.20 Å². The Morgan fingerprint density at radius 1 is 1.69 bits per heavy atom. The van der Waals surface area contributed by atoms with E-state index in [2.05, 4.69) is 12.0 Å². The molecule has 4 heteroatoms. The highest BCUT2D eigenvalue weighted by atomic mass is 16.5. The van der Waals surface area contributed by atoms with E-state index in [0.717, 1.165) is 31.4 Å². The number of ether oxygens (including phenoxy) is 1. The van der Waals surface area contributed by atoms with E-state index < -0.39 is 5.60 Å². The van der Waals surface area contributed by atoms with E-state index in [1.807, 2.05) is 7.05 Å². The standard InChI is InChI=1S/C12H20N2O2/c1-4-9-5-6-12(15,7-9)11-10(16-3)8-13-14(11)2/h8-9,15H,4-7H2,1-3H3. The molecule has 1 aliphatic rings. The van der Waals surface area contributed by atoms with Crippen LogP contribution >= 0.6 is 0 Å². The Balaban J connectivity index is 2.32. The molecule has 4 nitrogen and oxygen atoms in total. The zero-order chi connectivity index (χ0) is 11.8. The molecular weight excluding hydrogens is 204 g/mol. The summed E-state index contributed by atoms with van der Waals surface area (Å²) < 4.78 is 7.00. The number of hydrogen-bond donors (Lipinski definition) is 1. The summed E-state index contributed by atoms with van der Waals surface area (Å²) in [5.74, 6) is 1.31. The van der Waals surface area contributed by atoms with Gasteiger partial charge in [-0.25, -0.2) is 0 Å². The second kappa shape index (κ2) is 4.09. The highest BCUT2D eigenvalue weighted by molar-refractivity contribution is 5.31. The third kappa shape index (κ3) is 1.71. The first-order chi connectivity index (χ1) is 7.60. The van der Waals surface area contributed by atoms with Crippen molar-refractivity contribution in [3.8, 4) is 5.75 Å². The quantitative estimate of drug-likeness (QED) is 0.852. The average molecular weight is 224 g/mol. The third-order valence-corrected chi connectivity index (χ3v) is 3.74. The van der Waals surface area contributed by atoms with Crippen LogP contribution in [0.4, 0.5) is 0 Å². The molecule has 0 aliphatic heterocycles. The molecule has 1 heterocycles. The Morgan fingerprint density at radius 3 is 3.00 bits per heavy atom. The molecule has 1 fully saturated rings. The van der Waals surface area contributed by atoms with E-state index >= 15 is 0 Å². The number of hydrogen-bond acceptors (Lipinski definition) is 3. The summed E-state index contributed by atoms with van der Waals surface area (Å²) >= 11 is 0. The van der Waals surface area contributed by atoms with Gasteiger partial charge in [0.2, 0.25) is 0 Å². The third-order valence-electron chi connectivity index (χ3n) is 3.74. The molecule has 0 amide bonds. The van der Waals surface area contributed by atoms with Crippen LogP contribution in [0.1, 0.15) is 38.3 Å². The van der Waals surface area contributed by atoms with E-state index in [1.165, 1.54) is 0 Å². The molecule has 0 aromatic carbocycles. The molecule has 90 valence electrons. The van der Waals surface area contributed by atoms with Crippen molar-refractivity contribution in [3.05, 3.63) is 11.9 Å². The van der Waals surface area contributed by atoms with Gasteiger partial charge >= 0.3 is 0 Å². The van der Waals surface area contributed by atoms with Gasteiger partial charge in [-0.1, -0.05) is 13.3 Å². The maximum Gasteiger partial charge on any atom is 0.162 e. The summed E-state index contributed by atoms with van der Waals surface area (Å²) in [5, 5.41) is 14.9. The van der Waals surface area contributed by atoms with Gasteiger partial charge in [0.05, 0.1) is 13.3 Å². The number of aliphatic hydroxyl groups is 1. The van der Waals surface area contributed by atoms with Crippen molar-refractivity contribution in [2.24, 2.45) is 13.0 Å². The largest absolute Gasteiger partial charge is 0.493 e. The fourth-order valence-corrected chi connectivity index (χ4v) is 2.79. The Hall–Kier alpha value is -1.03. The van der Waals surface area contributed by atoms with Crippen LogP contribution in [0.5, 0.6) is 5.75 Å². The van der Waals surface area contributed by atoms with Gasteiger partial charge in [-0.15, -0.1) is 0 Å². The summed E-state index contributed by atoms with van der Waals surface area (Å²) in [5.41, 5.74) is 0.0722. The van der Waals surface area contributed by atoms with E-state index in [0.29, 0.717) is 11.7 Å². The van der Waals surface area contributed by atoms with Crippen LogP contribution in [0.3, 0.4) is 0 Å². The first kappa shape index (κ1) is 11.5. The minimum atomic E-state index is -0.753. The van der Waals surface area contributed by atoms with Crippen molar-refractivity contribution < 1.29 is 9.84 Å². The molecule has 1 saturated carbocycles. The molecule has 2 rings (SSSR count). The first-order valence-electron chi connectivity index (χ1n) is 5.89. The van der Waals surface area contributed by atoms with Gasteiger partial charge in [-0.3, -0.25) is 4.68 Å². The number of rotatable bonds is 3. The number of nitrogens with zero attached hydrogens (tertiary/aromatic N) is 2. The topological polar surface area (TPSA) is 47.3 Å². The Morgan fingerprint density at radius 2 is 2.44 bits per heavy atom. The Bertz CT molecular complexity index is 375.